The fourth-order valence-electron chi connectivity index (χ4n) is 3.75. The zero-order chi connectivity index (χ0) is 24.5. The first-order valence-corrected chi connectivity index (χ1v) is 11.4. The monoisotopic (exact) mass is 464 g/mol. The molecule has 0 aromatic carbocycles. The molecule has 11 heteroatoms. The maximum absolute atomic E-state index is 13.2. The predicted molar refractivity (Wildman–Crippen MR) is 121 cm³/mol. The molecule has 1 aliphatic rings. The number of aromatic amines is 1. The van der Waals surface area contributed by atoms with Crippen molar-refractivity contribution >= 4 is 23.7 Å². The standard InChI is InChI=1S/C22H36N6O5/c1-12(2)8-16(21(31)28-18(13(3)4)22(32)33)26-20(30)17(9-14-10-23-11-25-14)27-19(29)15-6-5-7-24-15/h10-13,15-18,24H,5-9H2,1-4H3,(H,23,25)(H,26,30)(H,27,29)(H,28,31)(H,32,33). The van der Waals surface area contributed by atoms with Gasteiger partial charge in [0.05, 0.1) is 12.4 Å². The lowest BCUT2D eigenvalue weighted by atomic mass is 10.00. The second-order valence-corrected chi connectivity index (χ2v) is 9.25. The topological polar surface area (TPSA) is 165 Å². The lowest BCUT2D eigenvalue weighted by Crippen LogP contribution is -2.58. The molecule has 3 amide bonds. The van der Waals surface area contributed by atoms with Crippen molar-refractivity contribution in [3.05, 3.63) is 18.2 Å². The maximum Gasteiger partial charge on any atom is 0.326 e. The highest BCUT2D eigenvalue weighted by Crippen LogP contribution is 2.10. The van der Waals surface area contributed by atoms with Crippen molar-refractivity contribution < 1.29 is 24.3 Å². The molecule has 6 N–H and O–H groups in total. The van der Waals surface area contributed by atoms with E-state index in [0.717, 1.165) is 13.0 Å². The summed E-state index contributed by atoms with van der Waals surface area (Å²) >= 11 is 0. The van der Waals surface area contributed by atoms with Gasteiger partial charge in [-0.3, -0.25) is 14.4 Å². The zero-order valence-corrected chi connectivity index (χ0v) is 19.7. The second-order valence-electron chi connectivity index (χ2n) is 9.25. The molecule has 1 aliphatic heterocycles. The normalized spacial score (nSPS) is 18.5. The number of carbonyl (C=O) groups excluding carboxylic acids is 3. The van der Waals surface area contributed by atoms with Crippen LogP contribution < -0.4 is 21.3 Å². The van der Waals surface area contributed by atoms with Gasteiger partial charge < -0.3 is 31.4 Å². The zero-order valence-electron chi connectivity index (χ0n) is 19.7. The average Bonchev–Trinajstić information content (AvgIpc) is 3.44. The molecule has 1 aromatic rings. The molecule has 11 nitrogen and oxygen atoms in total. The largest absolute Gasteiger partial charge is 0.480 e. The van der Waals surface area contributed by atoms with Gasteiger partial charge in [-0.05, 0) is 37.6 Å². The number of rotatable bonds is 12. The molecule has 0 bridgehead atoms. The predicted octanol–water partition coefficient (Wildman–Crippen LogP) is -0.0547. The second kappa shape index (κ2) is 12.3. The molecule has 33 heavy (non-hydrogen) atoms. The van der Waals surface area contributed by atoms with Crippen molar-refractivity contribution in [3.63, 3.8) is 0 Å². The number of aliphatic carboxylic acids is 1. The number of carboxylic acids is 1. The van der Waals surface area contributed by atoms with Crippen LogP contribution in [0.5, 0.6) is 0 Å². The van der Waals surface area contributed by atoms with E-state index in [-0.39, 0.29) is 30.2 Å². The van der Waals surface area contributed by atoms with Crippen LogP contribution in [0.1, 0.15) is 52.7 Å². The van der Waals surface area contributed by atoms with Crippen molar-refractivity contribution in [2.75, 3.05) is 6.54 Å². The van der Waals surface area contributed by atoms with Gasteiger partial charge >= 0.3 is 5.97 Å². The van der Waals surface area contributed by atoms with Gasteiger partial charge in [0.15, 0.2) is 0 Å². The number of hydrogen-bond donors (Lipinski definition) is 6. The summed E-state index contributed by atoms with van der Waals surface area (Å²) in [6.45, 7) is 7.94. The van der Waals surface area contributed by atoms with E-state index in [2.05, 4.69) is 31.2 Å². The Morgan fingerprint density at radius 1 is 1.09 bits per heavy atom. The number of H-pyrrole nitrogens is 1. The van der Waals surface area contributed by atoms with E-state index in [4.69, 9.17) is 0 Å². The summed E-state index contributed by atoms with van der Waals surface area (Å²) in [5.74, 6) is -2.76. The minimum Gasteiger partial charge on any atom is -0.480 e. The highest BCUT2D eigenvalue weighted by molar-refractivity contribution is 5.94. The van der Waals surface area contributed by atoms with Gasteiger partial charge in [-0.2, -0.15) is 0 Å². The third-order valence-electron chi connectivity index (χ3n) is 5.56. The molecule has 0 saturated carbocycles. The van der Waals surface area contributed by atoms with E-state index in [0.29, 0.717) is 18.5 Å². The Hall–Kier alpha value is -2.95. The van der Waals surface area contributed by atoms with Crippen LogP contribution in [0.25, 0.3) is 0 Å². The lowest BCUT2D eigenvalue weighted by Gasteiger charge is -2.26. The molecular weight excluding hydrogens is 428 g/mol. The molecule has 0 spiro atoms. The Bertz CT molecular complexity index is 804. The Morgan fingerprint density at radius 3 is 2.30 bits per heavy atom. The number of carboxylic acid groups (broad SMARTS) is 1. The minimum atomic E-state index is -1.14. The summed E-state index contributed by atoms with van der Waals surface area (Å²) in [5, 5.41) is 20.6. The average molecular weight is 465 g/mol. The fraction of sp³-hybridized carbons (Fsp3) is 0.682. The van der Waals surface area contributed by atoms with Gasteiger partial charge in [-0.15, -0.1) is 0 Å². The Labute approximate surface area is 193 Å². The summed E-state index contributed by atoms with van der Waals surface area (Å²) in [5.41, 5.74) is 0.658. The van der Waals surface area contributed by atoms with Crippen molar-refractivity contribution in [3.8, 4) is 0 Å². The van der Waals surface area contributed by atoms with E-state index < -0.39 is 35.9 Å². The molecule has 0 radical (unpaired) electrons. The Morgan fingerprint density at radius 2 is 1.79 bits per heavy atom. The molecule has 4 unspecified atom stereocenters. The fourth-order valence-corrected chi connectivity index (χ4v) is 3.75. The van der Waals surface area contributed by atoms with Gasteiger partial charge in [0.2, 0.25) is 17.7 Å². The van der Waals surface area contributed by atoms with Crippen LogP contribution in [0.3, 0.4) is 0 Å². The van der Waals surface area contributed by atoms with E-state index in [1.807, 2.05) is 13.8 Å². The van der Waals surface area contributed by atoms with Gasteiger partial charge in [0.25, 0.3) is 0 Å². The minimum absolute atomic E-state index is 0.0618. The van der Waals surface area contributed by atoms with Crippen LogP contribution in [-0.4, -0.2) is 69.5 Å². The van der Waals surface area contributed by atoms with E-state index >= 15 is 0 Å². The number of imidazole rings is 1. The molecule has 1 aromatic heterocycles. The first-order valence-electron chi connectivity index (χ1n) is 11.4. The number of nitrogens with one attached hydrogen (secondary N) is 5. The molecule has 184 valence electrons. The first-order chi connectivity index (χ1) is 15.6. The number of hydrogen-bond acceptors (Lipinski definition) is 6. The molecule has 0 aliphatic carbocycles. The van der Waals surface area contributed by atoms with Crippen molar-refractivity contribution in [1.29, 1.82) is 0 Å². The summed E-state index contributed by atoms with van der Waals surface area (Å²) < 4.78 is 0. The van der Waals surface area contributed by atoms with Crippen molar-refractivity contribution in [2.45, 2.75) is 77.5 Å². The quantitative estimate of drug-likeness (QED) is 0.252. The summed E-state index contributed by atoms with van der Waals surface area (Å²) in [7, 11) is 0. The lowest BCUT2D eigenvalue weighted by molar-refractivity contribution is -0.143. The van der Waals surface area contributed by atoms with E-state index in [1.165, 1.54) is 6.33 Å². The molecular formula is C22H36N6O5. The van der Waals surface area contributed by atoms with E-state index in [9.17, 15) is 24.3 Å². The molecule has 2 rings (SSSR count). The molecule has 1 saturated heterocycles. The third kappa shape index (κ3) is 8.16. The highest BCUT2D eigenvalue weighted by Gasteiger charge is 2.32. The summed E-state index contributed by atoms with van der Waals surface area (Å²) in [6, 6.07) is -3.30. The van der Waals surface area contributed by atoms with Crippen LogP contribution in [0.4, 0.5) is 0 Å². The van der Waals surface area contributed by atoms with Crippen LogP contribution in [0.2, 0.25) is 0 Å². The van der Waals surface area contributed by atoms with Crippen molar-refractivity contribution in [2.24, 2.45) is 11.8 Å². The van der Waals surface area contributed by atoms with E-state index in [1.54, 1.807) is 20.0 Å². The smallest absolute Gasteiger partial charge is 0.326 e. The summed E-state index contributed by atoms with van der Waals surface area (Å²) in [4.78, 5) is 57.1. The molecule has 2 heterocycles. The SMILES string of the molecule is CC(C)CC(NC(=O)C(Cc1cnc[nH]1)NC(=O)C1CCCN1)C(=O)NC(C(=O)O)C(C)C. The Balaban J connectivity index is 2.15. The van der Waals surface area contributed by atoms with Gasteiger partial charge in [0, 0.05) is 18.3 Å². The first kappa shape index (κ1) is 26.3. The maximum atomic E-state index is 13.2. The Kier molecular flexibility index (Phi) is 9.83. The van der Waals surface area contributed by atoms with Crippen molar-refractivity contribution in [1.82, 2.24) is 31.2 Å². The number of aromatic nitrogens is 2. The summed E-state index contributed by atoms with van der Waals surface area (Å²) in [6.07, 6.45) is 5.11. The third-order valence-corrected chi connectivity index (χ3v) is 5.56. The van der Waals surface area contributed by atoms with Crippen LogP contribution in [0, 0.1) is 11.8 Å². The van der Waals surface area contributed by atoms with Gasteiger partial charge in [0.1, 0.15) is 18.1 Å². The van der Waals surface area contributed by atoms with Crippen LogP contribution in [-0.2, 0) is 25.6 Å². The van der Waals surface area contributed by atoms with Gasteiger partial charge in [-0.1, -0.05) is 27.7 Å². The highest BCUT2D eigenvalue weighted by atomic mass is 16.4. The number of nitrogens with zero attached hydrogens (tertiary/aromatic N) is 1. The van der Waals surface area contributed by atoms with Crippen LogP contribution in [0.15, 0.2) is 12.5 Å². The number of carbonyl (C=O) groups is 4. The van der Waals surface area contributed by atoms with Gasteiger partial charge in [-0.25, -0.2) is 9.78 Å². The van der Waals surface area contributed by atoms with Crippen LogP contribution >= 0.6 is 0 Å². The molecule has 1 fully saturated rings. The molecule has 4 atom stereocenters. The number of amides is 3.